The number of hydrogen-bond acceptors (Lipinski definition) is 6. The van der Waals surface area contributed by atoms with Crippen LogP contribution in [0.3, 0.4) is 0 Å². The summed E-state index contributed by atoms with van der Waals surface area (Å²) < 4.78 is 5.24. The SMILES string of the molecule is COc1cccc(NCc2nc3cc(-c4ccnc(N)n4)ccc3[nH]2)c1. The summed E-state index contributed by atoms with van der Waals surface area (Å²) in [7, 11) is 1.65. The molecule has 0 amide bonds. The van der Waals surface area contributed by atoms with Crippen LogP contribution in [0.4, 0.5) is 11.6 Å². The Morgan fingerprint density at radius 2 is 2.04 bits per heavy atom. The van der Waals surface area contributed by atoms with Crippen LogP contribution in [0.1, 0.15) is 5.82 Å². The van der Waals surface area contributed by atoms with E-state index >= 15 is 0 Å². The maximum atomic E-state index is 5.67. The highest BCUT2D eigenvalue weighted by molar-refractivity contribution is 5.81. The normalized spacial score (nSPS) is 10.8. The Labute approximate surface area is 150 Å². The monoisotopic (exact) mass is 346 g/mol. The second-order valence-corrected chi connectivity index (χ2v) is 5.80. The number of nitrogens with one attached hydrogen (secondary N) is 2. The van der Waals surface area contributed by atoms with E-state index in [2.05, 4.69) is 25.3 Å². The number of hydrogen-bond donors (Lipinski definition) is 3. The Kier molecular flexibility index (Phi) is 4.10. The fraction of sp³-hybridized carbons (Fsp3) is 0.105. The Hall–Kier alpha value is -3.61. The van der Waals surface area contributed by atoms with Gasteiger partial charge in [0.15, 0.2) is 0 Å². The molecule has 0 aliphatic rings. The van der Waals surface area contributed by atoms with Crippen molar-refractivity contribution in [3.05, 3.63) is 60.6 Å². The molecule has 0 unspecified atom stereocenters. The van der Waals surface area contributed by atoms with Crippen LogP contribution < -0.4 is 15.8 Å². The Morgan fingerprint density at radius 3 is 2.88 bits per heavy atom. The van der Waals surface area contributed by atoms with Gasteiger partial charge in [-0.1, -0.05) is 12.1 Å². The number of methoxy groups -OCH3 is 1. The minimum Gasteiger partial charge on any atom is -0.497 e. The standard InChI is InChI=1S/C19H18N6O/c1-26-14-4-2-3-13(10-14)22-11-18-23-16-6-5-12(9-17(16)24-18)15-7-8-21-19(20)25-15/h2-10,22H,11H2,1H3,(H,23,24)(H2,20,21,25). The first kappa shape index (κ1) is 15.9. The Balaban J connectivity index is 1.55. The molecule has 0 aliphatic heterocycles. The number of fused-ring (bicyclic) bond motifs is 1. The molecule has 2 aromatic heterocycles. The highest BCUT2D eigenvalue weighted by Gasteiger charge is 2.07. The minimum absolute atomic E-state index is 0.257. The van der Waals surface area contributed by atoms with E-state index in [1.165, 1.54) is 0 Å². The lowest BCUT2D eigenvalue weighted by atomic mass is 10.1. The molecule has 0 spiro atoms. The Bertz CT molecular complexity index is 1060. The van der Waals surface area contributed by atoms with Gasteiger partial charge in [-0.3, -0.25) is 0 Å². The number of rotatable bonds is 5. The van der Waals surface area contributed by atoms with E-state index in [-0.39, 0.29) is 5.95 Å². The number of benzene rings is 2. The summed E-state index contributed by atoms with van der Waals surface area (Å²) >= 11 is 0. The third-order valence-electron chi connectivity index (χ3n) is 4.03. The molecule has 0 saturated carbocycles. The van der Waals surface area contributed by atoms with E-state index in [9.17, 15) is 0 Å². The van der Waals surface area contributed by atoms with Crippen LogP contribution in [-0.2, 0) is 6.54 Å². The Morgan fingerprint density at radius 1 is 1.12 bits per heavy atom. The number of aromatic nitrogens is 4. The summed E-state index contributed by atoms with van der Waals surface area (Å²) in [6.07, 6.45) is 1.65. The van der Waals surface area contributed by atoms with Crippen LogP contribution in [-0.4, -0.2) is 27.0 Å². The molecule has 0 bridgehead atoms. The van der Waals surface area contributed by atoms with Crippen molar-refractivity contribution in [2.75, 3.05) is 18.2 Å². The van der Waals surface area contributed by atoms with Crippen molar-refractivity contribution in [3.63, 3.8) is 0 Å². The molecule has 0 fully saturated rings. The van der Waals surface area contributed by atoms with Crippen LogP contribution in [0.15, 0.2) is 54.7 Å². The van der Waals surface area contributed by atoms with Gasteiger partial charge in [-0.15, -0.1) is 0 Å². The molecule has 0 radical (unpaired) electrons. The first-order chi connectivity index (χ1) is 12.7. The highest BCUT2D eigenvalue weighted by Crippen LogP contribution is 2.23. The van der Waals surface area contributed by atoms with Gasteiger partial charge >= 0.3 is 0 Å². The summed E-state index contributed by atoms with van der Waals surface area (Å²) in [4.78, 5) is 16.2. The molecule has 0 saturated heterocycles. The third-order valence-corrected chi connectivity index (χ3v) is 4.03. The molecule has 130 valence electrons. The maximum absolute atomic E-state index is 5.67. The van der Waals surface area contributed by atoms with E-state index in [1.54, 1.807) is 13.3 Å². The second-order valence-electron chi connectivity index (χ2n) is 5.80. The molecule has 4 aromatic rings. The molecule has 7 heteroatoms. The summed E-state index contributed by atoms with van der Waals surface area (Å²) in [5.41, 5.74) is 10.2. The fourth-order valence-corrected chi connectivity index (χ4v) is 2.76. The molecule has 4 N–H and O–H groups in total. The maximum Gasteiger partial charge on any atom is 0.220 e. The molecule has 0 atom stereocenters. The van der Waals surface area contributed by atoms with Gasteiger partial charge in [-0.05, 0) is 30.3 Å². The number of H-pyrrole nitrogens is 1. The topological polar surface area (TPSA) is 102 Å². The molecule has 26 heavy (non-hydrogen) atoms. The lowest BCUT2D eigenvalue weighted by Crippen LogP contribution is -2.01. The van der Waals surface area contributed by atoms with Gasteiger partial charge in [0.25, 0.3) is 0 Å². The van der Waals surface area contributed by atoms with Crippen molar-refractivity contribution in [1.82, 2.24) is 19.9 Å². The van der Waals surface area contributed by atoms with E-state index < -0.39 is 0 Å². The lowest BCUT2D eigenvalue weighted by Gasteiger charge is -2.06. The van der Waals surface area contributed by atoms with Crippen molar-refractivity contribution in [1.29, 1.82) is 0 Å². The molecule has 2 aromatic carbocycles. The summed E-state index contributed by atoms with van der Waals surface area (Å²) in [5, 5.41) is 3.34. The van der Waals surface area contributed by atoms with E-state index in [0.717, 1.165) is 39.6 Å². The van der Waals surface area contributed by atoms with Crippen molar-refractivity contribution >= 4 is 22.7 Å². The number of anilines is 2. The zero-order valence-electron chi connectivity index (χ0n) is 14.2. The summed E-state index contributed by atoms with van der Waals surface area (Å²) in [6.45, 7) is 0.581. The van der Waals surface area contributed by atoms with Crippen LogP contribution in [0, 0.1) is 0 Å². The van der Waals surface area contributed by atoms with Gasteiger partial charge in [0.05, 0.1) is 30.4 Å². The van der Waals surface area contributed by atoms with Gasteiger partial charge < -0.3 is 20.8 Å². The zero-order valence-corrected chi connectivity index (χ0v) is 14.2. The van der Waals surface area contributed by atoms with Gasteiger partial charge in [0.2, 0.25) is 5.95 Å². The quantitative estimate of drug-likeness (QED) is 0.513. The fourth-order valence-electron chi connectivity index (χ4n) is 2.76. The first-order valence-corrected chi connectivity index (χ1v) is 8.17. The van der Waals surface area contributed by atoms with E-state index in [1.807, 2.05) is 48.5 Å². The number of nitrogens with zero attached hydrogens (tertiary/aromatic N) is 3. The predicted molar refractivity (Wildman–Crippen MR) is 102 cm³/mol. The zero-order chi connectivity index (χ0) is 17.9. The van der Waals surface area contributed by atoms with Crippen LogP contribution in [0.25, 0.3) is 22.3 Å². The number of aromatic amines is 1. The third kappa shape index (κ3) is 3.27. The van der Waals surface area contributed by atoms with Crippen molar-refractivity contribution in [2.45, 2.75) is 6.54 Å². The van der Waals surface area contributed by atoms with Gasteiger partial charge in [-0.2, -0.15) is 0 Å². The van der Waals surface area contributed by atoms with E-state index in [4.69, 9.17) is 10.5 Å². The largest absolute Gasteiger partial charge is 0.497 e. The summed E-state index contributed by atoms with van der Waals surface area (Å²) in [5.74, 6) is 1.92. The minimum atomic E-state index is 0.257. The van der Waals surface area contributed by atoms with Gasteiger partial charge in [0, 0.05) is 23.5 Å². The number of ether oxygens (including phenoxy) is 1. The molecular formula is C19H18N6O. The predicted octanol–water partition coefficient (Wildman–Crippen LogP) is 3.22. The number of nitrogen functional groups attached to an aromatic ring is 1. The van der Waals surface area contributed by atoms with Crippen LogP contribution in [0.2, 0.25) is 0 Å². The molecule has 0 aliphatic carbocycles. The number of nitrogens with two attached hydrogens (primary N) is 1. The van der Waals surface area contributed by atoms with Crippen molar-refractivity contribution < 1.29 is 4.74 Å². The lowest BCUT2D eigenvalue weighted by molar-refractivity contribution is 0.415. The van der Waals surface area contributed by atoms with Crippen LogP contribution >= 0.6 is 0 Å². The molecule has 2 heterocycles. The highest BCUT2D eigenvalue weighted by atomic mass is 16.5. The van der Waals surface area contributed by atoms with Crippen molar-refractivity contribution in [2.24, 2.45) is 0 Å². The molecule has 7 nitrogen and oxygen atoms in total. The van der Waals surface area contributed by atoms with E-state index in [0.29, 0.717) is 6.54 Å². The number of imidazole rings is 1. The van der Waals surface area contributed by atoms with Crippen molar-refractivity contribution in [3.8, 4) is 17.0 Å². The second kappa shape index (κ2) is 6.72. The smallest absolute Gasteiger partial charge is 0.220 e. The van der Waals surface area contributed by atoms with Gasteiger partial charge in [-0.25, -0.2) is 15.0 Å². The average Bonchev–Trinajstić information content (AvgIpc) is 3.08. The van der Waals surface area contributed by atoms with Crippen LogP contribution in [0.5, 0.6) is 5.75 Å². The molecular weight excluding hydrogens is 328 g/mol. The summed E-state index contributed by atoms with van der Waals surface area (Å²) in [6, 6.07) is 15.6. The molecule has 4 rings (SSSR count). The van der Waals surface area contributed by atoms with Gasteiger partial charge in [0.1, 0.15) is 11.6 Å². The first-order valence-electron chi connectivity index (χ1n) is 8.17. The average molecular weight is 346 g/mol.